The van der Waals surface area contributed by atoms with E-state index in [-0.39, 0.29) is 70.1 Å². The first-order valence-electron chi connectivity index (χ1n) is 23.9. The van der Waals surface area contributed by atoms with Crippen molar-refractivity contribution in [2.24, 2.45) is 44.4 Å². The van der Waals surface area contributed by atoms with Crippen LogP contribution in [0.5, 0.6) is 0 Å². The zero-order valence-electron chi connectivity index (χ0n) is 42.1. The van der Waals surface area contributed by atoms with Crippen LogP contribution >= 0.6 is 0 Å². The maximum atomic E-state index is 13.9. The molecule has 1 fully saturated rings. The van der Waals surface area contributed by atoms with E-state index < -0.39 is 165 Å². The standard InChI is InChI=1S/C42H68N20O16/c43-13-29(65)58-25(10-20-14-49-19-55-20)40(78)62-9-3-6-27(62)39(77)60-23(11-28(44)64)38(76)59-22(5-2-8-51-42(47)48)37(75)61-26(18-63)36(74)53-15-30(66)56-21(4-1-7-50-41(45)46)34(72)52-16-31(67)57-24(12-32(68)69)35(73)54-17-33(70)71/h14,19,21-27,63H,1-13,15-18,43H2,(H2,44,64)(H,49,55)(H,52,72)(H,53,74)(H,54,73)(H,56,66)(H,57,67)(H,58,65)(H,59,76)(H,60,77)(H,61,75)(H,68,69)(H,70,71)(H4,45,46,50)(H4,47,48,51)/t21-,22-,23-,24-,25-,26-,27-/m0/s1. The second-order valence-electron chi connectivity index (χ2n) is 17.1. The summed E-state index contributed by atoms with van der Waals surface area (Å²) < 4.78 is 0. The van der Waals surface area contributed by atoms with Gasteiger partial charge in [-0.1, -0.05) is 0 Å². The lowest BCUT2D eigenvalue weighted by Gasteiger charge is -2.30. The van der Waals surface area contributed by atoms with E-state index in [0.717, 1.165) is 0 Å². The molecular weight excluding hydrogens is 1040 g/mol. The number of carbonyl (C=O) groups excluding carboxylic acids is 11. The van der Waals surface area contributed by atoms with Gasteiger partial charge < -0.3 is 107 Å². The third-order valence-corrected chi connectivity index (χ3v) is 11.0. The summed E-state index contributed by atoms with van der Waals surface area (Å²) in [6.45, 7) is -4.24. The molecule has 0 saturated carbocycles. The predicted octanol–water partition coefficient (Wildman–Crippen LogP) is -11.3. The predicted molar refractivity (Wildman–Crippen MR) is 267 cm³/mol. The van der Waals surface area contributed by atoms with Crippen molar-refractivity contribution in [2.45, 2.75) is 100 Å². The van der Waals surface area contributed by atoms with Gasteiger partial charge in [0.25, 0.3) is 0 Å². The lowest BCUT2D eigenvalue weighted by molar-refractivity contribution is -0.142. The van der Waals surface area contributed by atoms with Gasteiger partial charge in [-0.3, -0.25) is 72.3 Å². The molecule has 2 heterocycles. The maximum absolute atomic E-state index is 13.9. The van der Waals surface area contributed by atoms with Crippen LogP contribution < -0.4 is 82.3 Å². The molecule has 0 unspecified atom stereocenters. The van der Waals surface area contributed by atoms with Crippen molar-refractivity contribution in [1.29, 1.82) is 0 Å². The van der Waals surface area contributed by atoms with E-state index in [1.807, 2.05) is 5.32 Å². The zero-order chi connectivity index (χ0) is 58.5. The number of carboxylic acids is 2. The summed E-state index contributed by atoms with van der Waals surface area (Å²) in [4.78, 5) is 182. The maximum Gasteiger partial charge on any atom is 0.322 e. The number of nitrogens with one attached hydrogen (secondary N) is 10. The van der Waals surface area contributed by atoms with E-state index >= 15 is 0 Å². The molecule has 0 radical (unpaired) electrons. The molecule has 2 rings (SSSR count). The lowest BCUT2D eigenvalue weighted by Crippen LogP contribution is -2.60. The van der Waals surface area contributed by atoms with Crippen molar-refractivity contribution in [3.8, 4) is 0 Å². The molecule has 0 aromatic carbocycles. The third kappa shape index (κ3) is 24.4. The molecule has 78 heavy (non-hydrogen) atoms. The SMILES string of the molecule is NCC(=O)N[C@@H](Cc1cnc[nH]1)C(=O)N1CCC[C@H]1C(=O)N[C@@H](CC(N)=O)C(=O)N[C@@H](CCCN=C(N)N)C(=O)N[C@@H](CO)C(=O)NCC(=O)N[C@@H](CCCN=C(N)N)C(=O)NCC(=O)N[C@@H](CC(=O)O)C(=O)NCC(=O)O. The first-order chi connectivity index (χ1) is 36.8. The first-order valence-corrected chi connectivity index (χ1v) is 23.9. The summed E-state index contributed by atoms with van der Waals surface area (Å²) in [5.74, 6) is -14.6. The highest BCUT2D eigenvalue weighted by Crippen LogP contribution is 2.20. The number of aromatic amines is 1. The van der Waals surface area contributed by atoms with Gasteiger partial charge in [0.2, 0.25) is 65.0 Å². The van der Waals surface area contributed by atoms with Gasteiger partial charge in [-0.15, -0.1) is 0 Å². The Bertz CT molecular complexity index is 2360. The number of rotatable bonds is 35. The number of H-pyrrole nitrogens is 1. The van der Waals surface area contributed by atoms with Crippen LogP contribution in [-0.2, 0) is 68.7 Å². The topological polar surface area (TPSA) is 604 Å². The Morgan fingerprint density at radius 2 is 1.13 bits per heavy atom. The number of aliphatic imine (C=N–C) groups is 2. The number of likely N-dealkylation sites (tertiary alicyclic amines) is 1. The number of nitrogens with two attached hydrogens (primary N) is 6. The van der Waals surface area contributed by atoms with E-state index in [2.05, 4.69) is 62.5 Å². The summed E-state index contributed by atoms with van der Waals surface area (Å²) in [6.07, 6.45) is 1.03. The van der Waals surface area contributed by atoms with Crippen molar-refractivity contribution < 1.29 is 77.6 Å². The van der Waals surface area contributed by atoms with Crippen LogP contribution in [0.25, 0.3) is 0 Å². The largest absolute Gasteiger partial charge is 0.481 e. The Kier molecular flexibility index (Phi) is 28.0. The Morgan fingerprint density at radius 1 is 0.628 bits per heavy atom. The van der Waals surface area contributed by atoms with Gasteiger partial charge in [-0.25, -0.2) is 4.98 Å². The van der Waals surface area contributed by atoms with Crippen LogP contribution in [-0.4, -0.2) is 214 Å². The Morgan fingerprint density at radius 3 is 1.64 bits per heavy atom. The molecule has 0 bridgehead atoms. The van der Waals surface area contributed by atoms with E-state index in [0.29, 0.717) is 12.1 Å². The number of aromatic nitrogens is 2. The average molecular weight is 1110 g/mol. The monoisotopic (exact) mass is 1110 g/mol. The van der Waals surface area contributed by atoms with Crippen molar-refractivity contribution in [2.75, 3.05) is 52.4 Å². The molecular formula is C42H68N20O16. The normalized spacial score (nSPS) is 14.9. The quantitative estimate of drug-likeness (QED) is 0.0170. The highest BCUT2D eigenvalue weighted by atomic mass is 16.4. The first kappa shape index (κ1) is 64.9. The number of carbonyl (C=O) groups is 13. The Hall–Kier alpha value is -9.22. The van der Waals surface area contributed by atoms with Crippen molar-refractivity contribution in [1.82, 2.24) is 62.7 Å². The van der Waals surface area contributed by atoms with Gasteiger partial charge in [0, 0.05) is 37.9 Å². The average Bonchev–Trinajstić information content (AvgIpc) is 4.09. The van der Waals surface area contributed by atoms with Crippen molar-refractivity contribution in [3.63, 3.8) is 0 Å². The van der Waals surface area contributed by atoms with Crippen LogP contribution in [0.15, 0.2) is 22.5 Å². The number of aliphatic carboxylic acids is 2. The highest BCUT2D eigenvalue weighted by molar-refractivity contribution is 5.99. The van der Waals surface area contributed by atoms with E-state index in [9.17, 15) is 67.4 Å². The molecule has 0 spiro atoms. The van der Waals surface area contributed by atoms with E-state index in [1.165, 1.54) is 17.4 Å². The summed E-state index contributed by atoms with van der Waals surface area (Å²) in [7, 11) is 0. The van der Waals surface area contributed by atoms with Crippen LogP contribution in [0.3, 0.4) is 0 Å². The van der Waals surface area contributed by atoms with Crippen LogP contribution in [0, 0.1) is 0 Å². The fraction of sp³-hybridized carbons (Fsp3) is 0.571. The lowest BCUT2D eigenvalue weighted by atomic mass is 10.1. The molecule has 7 atom stereocenters. The fourth-order valence-electron chi connectivity index (χ4n) is 7.28. The number of guanidine groups is 2. The molecule has 0 aliphatic carbocycles. The summed E-state index contributed by atoms with van der Waals surface area (Å²) in [5, 5.41) is 48.3. The fourth-order valence-corrected chi connectivity index (χ4v) is 7.28. The van der Waals surface area contributed by atoms with Gasteiger partial charge in [0.15, 0.2) is 11.9 Å². The minimum Gasteiger partial charge on any atom is -0.481 e. The van der Waals surface area contributed by atoms with Gasteiger partial charge in [-0.2, -0.15) is 0 Å². The molecule has 432 valence electrons. The number of hydrogen-bond acceptors (Lipinski definition) is 18. The van der Waals surface area contributed by atoms with E-state index in [4.69, 9.17) is 44.6 Å². The number of amides is 11. The summed E-state index contributed by atoms with van der Waals surface area (Å²) >= 11 is 0. The molecule has 1 aromatic heterocycles. The number of aliphatic hydroxyl groups excluding tert-OH is 1. The molecule has 1 aliphatic rings. The van der Waals surface area contributed by atoms with Gasteiger partial charge in [0.1, 0.15) is 48.8 Å². The van der Waals surface area contributed by atoms with Crippen molar-refractivity contribution in [3.05, 3.63) is 18.2 Å². The smallest absolute Gasteiger partial charge is 0.322 e. The number of aliphatic hydroxyl groups is 1. The molecule has 1 saturated heterocycles. The number of primary amides is 1. The van der Waals surface area contributed by atoms with Crippen molar-refractivity contribution >= 4 is 88.8 Å². The molecule has 25 N–H and O–H groups in total. The van der Waals surface area contributed by atoms with Crippen LogP contribution in [0.4, 0.5) is 0 Å². The molecule has 11 amide bonds. The molecule has 1 aliphatic heterocycles. The summed E-state index contributed by atoms with van der Waals surface area (Å²) in [5.41, 5.74) is 32.9. The number of carboxylic acid groups (broad SMARTS) is 2. The number of imidazole rings is 1. The molecule has 1 aromatic rings. The zero-order valence-corrected chi connectivity index (χ0v) is 42.1. The van der Waals surface area contributed by atoms with Gasteiger partial charge in [0.05, 0.1) is 45.4 Å². The molecule has 36 heteroatoms. The minimum atomic E-state index is -1.81. The van der Waals surface area contributed by atoms with Crippen LogP contribution in [0.1, 0.15) is 57.1 Å². The second-order valence-corrected chi connectivity index (χ2v) is 17.1. The third-order valence-electron chi connectivity index (χ3n) is 11.0. The Labute approximate surface area is 443 Å². The molecule has 36 nitrogen and oxygen atoms in total. The number of nitrogens with zero attached hydrogens (tertiary/aromatic N) is 4. The van der Waals surface area contributed by atoms with Gasteiger partial charge >= 0.3 is 11.9 Å². The Balaban J connectivity index is 2.21. The van der Waals surface area contributed by atoms with Crippen LogP contribution in [0.2, 0.25) is 0 Å². The summed E-state index contributed by atoms with van der Waals surface area (Å²) in [6, 6.07) is -10.7. The second kappa shape index (κ2) is 33.6. The van der Waals surface area contributed by atoms with Gasteiger partial charge in [-0.05, 0) is 38.5 Å². The highest BCUT2D eigenvalue weighted by Gasteiger charge is 2.40. The minimum absolute atomic E-state index is 0.00118. The van der Waals surface area contributed by atoms with E-state index in [1.54, 1.807) is 0 Å². The number of hydrogen-bond donors (Lipinski definition) is 19.